The second kappa shape index (κ2) is 2.77. The summed E-state index contributed by atoms with van der Waals surface area (Å²) in [4.78, 5) is 10.6. The molecule has 13 heavy (non-hydrogen) atoms. The number of fused-ring (bicyclic) bond motifs is 1. The lowest BCUT2D eigenvalue weighted by Crippen LogP contribution is -2.30. The third-order valence-electron chi connectivity index (χ3n) is 2.46. The number of carbonyl (C=O) groups excluding carboxylic acids is 1. The van der Waals surface area contributed by atoms with Gasteiger partial charge >= 0.3 is 0 Å². The predicted octanol–water partition coefficient (Wildman–Crippen LogP) is 0.493. The summed E-state index contributed by atoms with van der Waals surface area (Å²) in [6.45, 7) is 5.59. The van der Waals surface area contributed by atoms with Crippen LogP contribution in [-0.2, 0) is 19.0 Å². The van der Waals surface area contributed by atoms with Crippen LogP contribution < -0.4 is 0 Å². The summed E-state index contributed by atoms with van der Waals surface area (Å²) in [5.74, 6) is -0.589. The zero-order valence-electron chi connectivity index (χ0n) is 8.02. The second-order valence-corrected chi connectivity index (χ2v) is 4.01. The van der Waals surface area contributed by atoms with Crippen molar-refractivity contribution >= 4 is 6.29 Å². The van der Waals surface area contributed by atoms with Crippen LogP contribution >= 0.6 is 0 Å². The first-order chi connectivity index (χ1) is 6.03. The Labute approximate surface area is 77.1 Å². The molecule has 0 saturated carbocycles. The van der Waals surface area contributed by atoms with Crippen LogP contribution in [0.1, 0.15) is 20.8 Å². The number of rotatable bonds is 1. The highest BCUT2D eigenvalue weighted by Gasteiger charge is 2.53. The first-order valence-corrected chi connectivity index (χ1v) is 4.50. The number of hydrogen-bond donors (Lipinski definition) is 0. The lowest BCUT2D eigenvalue weighted by atomic mass is 10.1. The smallest absolute Gasteiger partial charge is 0.164 e. The van der Waals surface area contributed by atoms with Gasteiger partial charge in [0.25, 0.3) is 0 Å². The van der Waals surface area contributed by atoms with Gasteiger partial charge in [-0.1, -0.05) is 0 Å². The van der Waals surface area contributed by atoms with Gasteiger partial charge in [-0.2, -0.15) is 0 Å². The Kier molecular flexibility index (Phi) is 1.94. The highest BCUT2D eigenvalue weighted by atomic mass is 16.8. The van der Waals surface area contributed by atoms with E-state index in [9.17, 15) is 4.79 Å². The summed E-state index contributed by atoms with van der Waals surface area (Å²) in [7, 11) is 0. The molecule has 2 saturated heterocycles. The van der Waals surface area contributed by atoms with Crippen molar-refractivity contribution in [2.45, 2.75) is 51.0 Å². The molecule has 2 fully saturated rings. The third-order valence-corrected chi connectivity index (χ3v) is 2.46. The van der Waals surface area contributed by atoms with Gasteiger partial charge in [-0.3, -0.25) is 0 Å². The third kappa shape index (κ3) is 1.39. The largest absolute Gasteiger partial charge is 0.362 e. The molecule has 4 nitrogen and oxygen atoms in total. The van der Waals surface area contributed by atoms with Gasteiger partial charge in [0.2, 0.25) is 0 Å². The molecule has 4 atom stereocenters. The van der Waals surface area contributed by atoms with E-state index in [0.717, 1.165) is 6.29 Å². The molecule has 0 aromatic heterocycles. The van der Waals surface area contributed by atoms with E-state index in [1.165, 1.54) is 0 Å². The fraction of sp³-hybridized carbons (Fsp3) is 0.889. The van der Waals surface area contributed by atoms with Crippen molar-refractivity contribution in [3.05, 3.63) is 0 Å². The molecular formula is C9H14O4. The van der Waals surface area contributed by atoms with Crippen molar-refractivity contribution < 1.29 is 19.0 Å². The van der Waals surface area contributed by atoms with Crippen molar-refractivity contribution in [3.63, 3.8) is 0 Å². The van der Waals surface area contributed by atoms with Crippen molar-refractivity contribution in [2.75, 3.05) is 0 Å². The minimum Gasteiger partial charge on any atom is -0.362 e. The predicted molar refractivity (Wildman–Crippen MR) is 44.2 cm³/mol. The van der Waals surface area contributed by atoms with E-state index in [2.05, 4.69) is 0 Å². The highest BCUT2D eigenvalue weighted by molar-refractivity contribution is 5.58. The standard InChI is InChI=1S/C9H14O4/c1-5-7-8(6(4-10)11-5)13-9(2,3)12-7/h4-8H,1-3H3/t5-,6+,7?,8-/m0/s1. The molecule has 0 N–H and O–H groups in total. The lowest BCUT2D eigenvalue weighted by molar-refractivity contribution is -0.183. The Bertz CT molecular complexity index is 226. The Hall–Kier alpha value is -0.450. The zero-order chi connectivity index (χ0) is 9.64. The SMILES string of the molecule is C[C@@H]1O[C@H](C=O)[C@@H]2OC(C)(C)OC12. The van der Waals surface area contributed by atoms with Crippen LogP contribution in [0.4, 0.5) is 0 Å². The number of ether oxygens (including phenoxy) is 3. The molecule has 74 valence electrons. The van der Waals surface area contributed by atoms with E-state index < -0.39 is 11.9 Å². The van der Waals surface area contributed by atoms with E-state index in [-0.39, 0.29) is 18.3 Å². The van der Waals surface area contributed by atoms with Crippen molar-refractivity contribution in [1.82, 2.24) is 0 Å². The molecular weight excluding hydrogens is 172 g/mol. The van der Waals surface area contributed by atoms with Gasteiger partial charge in [0.1, 0.15) is 18.3 Å². The number of aldehydes is 1. The molecule has 0 spiro atoms. The molecule has 1 unspecified atom stereocenters. The Morgan fingerprint density at radius 2 is 1.85 bits per heavy atom. The minimum atomic E-state index is -0.589. The van der Waals surface area contributed by atoms with Crippen molar-refractivity contribution in [1.29, 1.82) is 0 Å². The normalized spacial score (nSPS) is 47.6. The van der Waals surface area contributed by atoms with Crippen LogP contribution in [0, 0.1) is 0 Å². The molecule has 0 aliphatic carbocycles. The van der Waals surface area contributed by atoms with Gasteiger partial charge in [-0.05, 0) is 20.8 Å². The van der Waals surface area contributed by atoms with E-state index >= 15 is 0 Å². The maximum Gasteiger partial charge on any atom is 0.164 e. The minimum absolute atomic E-state index is 0.0676. The van der Waals surface area contributed by atoms with Gasteiger partial charge in [-0.15, -0.1) is 0 Å². The van der Waals surface area contributed by atoms with Crippen LogP contribution in [0.5, 0.6) is 0 Å². The molecule has 0 aromatic carbocycles. The second-order valence-electron chi connectivity index (χ2n) is 4.01. The number of carbonyl (C=O) groups is 1. The molecule has 2 rings (SSSR count). The summed E-state index contributed by atoms with van der Waals surface area (Å²) >= 11 is 0. The van der Waals surface area contributed by atoms with Gasteiger partial charge in [0, 0.05) is 0 Å². The van der Waals surface area contributed by atoms with Crippen LogP contribution in [0.15, 0.2) is 0 Å². The molecule has 2 aliphatic heterocycles. The van der Waals surface area contributed by atoms with E-state index in [1.54, 1.807) is 0 Å². The summed E-state index contributed by atoms with van der Waals surface area (Å²) in [5.41, 5.74) is 0. The average Bonchev–Trinajstić information content (AvgIpc) is 2.47. The monoisotopic (exact) mass is 186 g/mol. The molecule has 0 radical (unpaired) electrons. The first kappa shape index (κ1) is 9.12. The van der Waals surface area contributed by atoms with Gasteiger partial charge in [-0.25, -0.2) is 0 Å². The van der Waals surface area contributed by atoms with E-state index in [1.807, 2.05) is 20.8 Å². The summed E-state index contributed by atoms with van der Waals surface area (Å²) in [5, 5.41) is 0. The van der Waals surface area contributed by atoms with Crippen LogP contribution in [0.3, 0.4) is 0 Å². The van der Waals surface area contributed by atoms with Crippen molar-refractivity contribution in [3.8, 4) is 0 Å². The summed E-state index contributed by atoms with van der Waals surface area (Å²) < 4.78 is 16.5. The molecule has 4 heteroatoms. The molecule has 0 aromatic rings. The summed E-state index contributed by atoms with van der Waals surface area (Å²) in [6.07, 6.45) is -0.0946. The zero-order valence-corrected chi connectivity index (χ0v) is 8.02. The van der Waals surface area contributed by atoms with Gasteiger partial charge in [0.05, 0.1) is 6.10 Å². The van der Waals surface area contributed by atoms with Gasteiger partial charge < -0.3 is 19.0 Å². The topological polar surface area (TPSA) is 44.8 Å². The molecule has 0 bridgehead atoms. The fourth-order valence-corrected chi connectivity index (χ4v) is 1.95. The fourth-order valence-electron chi connectivity index (χ4n) is 1.95. The van der Waals surface area contributed by atoms with Crippen LogP contribution in [0.25, 0.3) is 0 Å². The van der Waals surface area contributed by atoms with Crippen molar-refractivity contribution in [2.24, 2.45) is 0 Å². The molecule has 2 heterocycles. The van der Waals surface area contributed by atoms with E-state index in [4.69, 9.17) is 14.2 Å². The Morgan fingerprint density at radius 1 is 1.23 bits per heavy atom. The van der Waals surface area contributed by atoms with Crippen LogP contribution in [0.2, 0.25) is 0 Å². The number of hydrogen-bond acceptors (Lipinski definition) is 4. The lowest BCUT2D eigenvalue weighted by Gasteiger charge is -2.21. The maximum atomic E-state index is 10.6. The Balaban J connectivity index is 2.17. The molecule has 0 amide bonds. The maximum absolute atomic E-state index is 10.6. The van der Waals surface area contributed by atoms with E-state index in [0.29, 0.717) is 0 Å². The first-order valence-electron chi connectivity index (χ1n) is 4.50. The summed E-state index contributed by atoms with van der Waals surface area (Å²) in [6, 6.07) is 0. The molecule has 2 aliphatic rings. The highest BCUT2D eigenvalue weighted by Crippen LogP contribution is 2.37. The Morgan fingerprint density at radius 3 is 2.46 bits per heavy atom. The average molecular weight is 186 g/mol. The quantitative estimate of drug-likeness (QED) is 0.559. The van der Waals surface area contributed by atoms with Gasteiger partial charge in [0.15, 0.2) is 12.1 Å². The van der Waals surface area contributed by atoms with Crippen LogP contribution in [-0.4, -0.2) is 36.5 Å².